The molecule has 3 rings (SSSR count). The number of carbonyl (C=O) groups is 2. The Hall–Kier alpha value is -2.75. The van der Waals surface area contributed by atoms with Crippen molar-refractivity contribution in [1.29, 1.82) is 0 Å². The largest absolute Gasteiger partial charge is 0.298 e. The Labute approximate surface area is 129 Å². The standard InChI is InChI=1S/C18H16N2O2/c1-2-15(21)16-17(13-9-5-3-6-10-13)19-20(18(16)22)14-11-7-4-8-12-14/h3-12,16H,2H2,1H3. The average Bonchev–Trinajstić information content (AvgIpc) is 2.93. The van der Waals surface area contributed by atoms with Gasteiger partial charge in [-0.3, -0.25) is 9.59 Å². The third-order valence-corrected chi connectivity index (χ3v) is 3.68. The molecule has 0 spiro atoms. The molecule has 4 nitrogen and oxygen atoms in total. The maximum atomic E-state index is 12.7. The van der Waals surface area contributed by atoms with E-state index in [0.717, 1.165) is 5.56 Å². The first-order chi connectivity index (χ1) is 10.7. The summed E-state index contributed by atoms with van der Waals surface area (Å²) >= 11 is 0. The third-order valence-electron chi connectivity index (χ3n) is 3.68. The fraction of sp³-hybridized carbons (Fsp3) is 0.167. The summed E-state index contributed by atoms with van der Waals surface area (Å²) < 4.78 is 0. The van der Waals surface area contributed by atoms with Crippen molar-refractivity contribution in [2.75, 3.05) is 5.01 Å². The summed E-state index contributed by atoms with van der Waals surface area (Å²) in [6.45, 7) is 1.77. The number of ketones is 1. The molecule has 0 aromatic heterocycles. The van der Waals surface area contributed by atoms with Crippen LogP contribution in [0.2, 0.25) is 0 Å². The first kappa shape index (κ1) is 14.2. The molecule has 0 saturated carbocycles. The quantitative estimate of drug-likeness (QED) is 0.813. The van der Waals surface area contributed by atoms with Crippen LogP contribution in [0.15, 0.2) is 65.8 Å². The molecule has 1 unspecified atom stereocenters. The van der Waals surface area contributed by atoms with E-state index in [9.17, 15) is 9.59 Å². The summed E-state index contributed by atoms with van der Waals surface area (Å²) in [5.74, 6) is -1.20. The van der Waals surface area contributed by atoms with Gasteiger partial charge in [-0.2, -0.15) is 10.1 Å². The summed E-state index contributed by atoms with van der Waals surface area (Å²) in [6, 6.07) is 18.6. The molecule has 0 N–H and O–H groups in total. The van der Waals surface area contributed by atoms with Crippen LogP contribution in [0, 0.1) is 5.92 Å². The van der Waals surface area contributed by atoms with Crippen LogP contribution in [0.25, 0.3) is 0 Å². The monoisotopic (exact) mass is 292 g/mol. The molecule has 0 saturated heterocycles. The highest BCUT2D eigenvalue weighted by Gasteiger charge is 2.41. The fourth-order valence-electron chi connectivity index (χ4n) is 2.54. The molecule has 1 aliphatic heterocycles. The van der Waals surface area contributed by atoms with Crippen molar-refractivity contribution in [3.8, 4) is 0 Å². The molecule has 0 aliphatic carbocycles. The van der Waals surface area contributed by atoms with Crippen molar-refractivity contribution >= 4 is 23.1 Å². The van der Waals surface area contributed by atoms with Crippen molar-refractivity contribution in [2.45, 2.75) is 13.3 Å². The van der Waals surface area contributed by atoms with Gasteiger partial charge in [0.2, 0.25) is 0 Å². The van der Waals surface area contributed by atoms with Crippen molar-refractivity contribution in [3.63, 3.8) is 0 Å². The zero-order chi connectivity index (χ0) is 15.5. The van der Waals surface area contributed by atoms with Crippen LogP contribution in [-0.2, 0) is 9.59 Å². The number of hydrogen-bond acceptors (Lipinski definition) is 3. The van der Waals surface area contributed by atoms with Gasteiger partial charge in [-0.25, -0.2) is 0 Å². The molecule has 0 bridgehead atoms. The molecule has 2 aromatic carbocycles. The number of benzene rings is 2. The van der Waals surface area contributed by atoms with Gasteiger partial charge in [-0.05, 0) is 17.7 Å². The van der Waals surface area contributed by atoms with Gasteiger partial charge >= 0.3 is 0 Å². The lowest BCUT2D eigenvalue weighted by molar-refractivity contribution is -0.128. The van der Waals surface area contributed by atoms with E-state index in [4.69, 9.17) is 0 Å². The number of hydrazone groups is 1. The van der Waals surface area contributed by atoms with Crippen LogP contribution >= 0.6 is 0 Å². The fourth-order valence-corrected chi connectivity index (χ4v) is 2.54. The Balaban J connectivity index is 2.07. The molecule has 4 heteroatoms. The molecule has 1 atom stereocenters. The van der Waals surface area contributed by atoms with E-state index in [1.807, 2.05) is 60.7 Å². The first-order valence-electron chi connectivity index (χ1n) is 7.28. The van der Waals surface area contributed by atoms with Crippen LogP contribution in [0.4, 0.5) is 5.69 Å². The van der Waals surface area contributed by atoms with Crippen molar-refractivity contribution in [3.05, 3.63) is 66.2 Å². The SMILES string of the molecule is CCC(=O)C1C(=O)N(c2ccccc2)N=C1c1ccccc1. The lowest BCUT2D eigenvalue weighted by Crippen LogP contribution is -2.33. The predicted octanol–water partition coefficient (Wildman–Crippen LogP) is 3.03. The van der Waals surface area contributed by atoms with Crippen LogP contribution in [0.3, 0.4) is 0 Å². The minimum atomic E-state index is -0.812. The molecule has 2 aromatic rings. The molecule has 0 fully saturated rings. The van der Waals surface area contributed by atoms with Crippen molar-refractivity contribution in [1.82, 2.24) is 0 Å². The molecular formula is C18H16N2O2. The van der Waals surface area contributed by atoms with E-state index in [0.29, 0.717) is 17.8 Å². The van der Waals surface area contributed by atoms with Crippen LogP contribution in [-0.4, -0.2) is 17.4 Å². The number of hydrogen-bond donors (Lipinski definition) is 0. The highest BCUT2D eigenvalue weighted by atomic mass is 16.2. The lowest BCUT2D eigenvalue weighted by Gasteiger charge is -2.13. The third kappa shape index (κ3) is 2.44. The number of para-hydroxylation sites is 1. The number of Topliss-reactive ketones (excluding diaryl/α,β-unsaturated/α-hetero) is 1. The summed E-state index contributed by atoms with van der Waals surface area (Å²) in [7, 11) is 0. The van der Waals surface area contributed by atoms with Gasteiger partial charge in [0.05, 0.1) is 11.4 Å². The average molecular weight is 292 g/mol. The van der Waals surface area contributed by atoms with E-state index in [1.165, 1.54) is 5.01 Å². The Morgan fingerprint density at radius 1 is 1.05 bits per heavy atom. The van der Waals surface area contributed by atoms with Gasteiger partial charge in [-0.1, -0.05) is 55.5 Å². The van der Waals surface area contributed by atoms with Crippen molar-refractivity contribution < 1.29 is 9.59 Å². The topological polar surface area (TPSA) is 49.7 Å². The van der Waals surface area contributed by atoms with Crippen LogP contribution < -0.4 is 5.01 Å². The molecule has 1 aliphatic rings. The Morgan fingerprint density at radius 3 is 2.23 bits per heavy atom. The second-order valence-corrected chi connectivity index (χ2v) is 5.09. The Morgan fingerprint density at radius 2 is 1.64 bits per heavy atom. The maximum absolute atomic E-state index is 12.7. The van der Waals surface area contributed by atoms with Gasteiger partial charge < -0.3 is 0 Å². The van der Waals surface area contributed by atoms with Gasteiger partial charge in [0.1, 0.15) is 5.92 Å². The van der Waals surface area contributed by atoms with E-state index in [1.54, 1.807) is 6.92 Å². The summed E-state index contributed by atoms with van der Waals surface area (Å²) in [5, 5.41) is 5.77. The zero-order valence-corrected chi connectivity index (χ0v) is 12.3. The molecule has 1 heterocycles. The summed E-state index contributed by atoms with van der Waals surface area (Å²) in [6.07, 6.45) is 0.310. The summed E-state index contributed by atoms with van der Waals surface area (Å²) in [4.78, 5) is 24.9. The number of carbonyl (C=O) groups excluding carboxylic acids is 2. The molecule has 22 heavy (non-hydrogen) atoms. The predicted molar refractivity (Wildman–Crippen MR) is 85.7 cm³/mol. The smallest absolute Gasteiger partial charge is 0.264 e. The number of rotatable bonds is 4. The van der Waals surface area contributed by atoms with E-state index in [2.05, 4.69) is 5.10 Å². The minimum absolute atomic E-state index is 0.106. The van der Waals surface area contributed by atoms with Gasteiger partial charge in [0, 0.05) is 6.42 Å². The van der Waals surface area contributed by atoms with Gasteiger partial charge in [0.25, 0.3) is 5.91 Å². The van der Waals surface area contributed by atoms with Crippen LogP contribution in [0.1, 0.15) is 18.9 Å². The second kappa shape index (κ2) is 5.93. The van der Waals surface area contributed by atoms with Crippen LogP contribution in [0.5, 0.6) is 0 Å². The van der Waals surface area contributed by atoms with E-state index >= 15 is 0 Å². The number of nitrogens with zero attached hydrogens (tertiary/aromatic N) is 2. The highest BCUT2D eigenvalue weighted by molar-refractivity contribution is 6.31. The lowest BCUT2D eigenvalue weighted by atomic mass is 9.92. The van der Waals surface area contributed by atoms with E-state index in [-0.39, 0.29) is 11.7 Å². The molecule has 110 valence electrons. The Kier molecular flexibility index (Phi) is 3.83. The van der Waals surface area contributed by atoms with Gasteiger partial charge in [0.15, 0.2) is 5.78 Å². The zero-order valence-electron chi connectivity index (χ0n) is 12.3. The molecule has 1 amide bonds. The normalized spacial score (nSPS) is 17.5. The van der Waals surface area contributed by atoms with Gasteiger partial charge in [-0.15, -0.1) is 0 Å². The summed E-state index contributed by atoms with van der Waals surface area (Å²) in [5.41, 5.74) is 2.01. The molecular weight excluding hydrogens is 276 g/mol. The number of anilines is 1. The number of amides is 1. The van der Waals surface area contributed by atoms with E-state index < -0.39 is 5.92 Å². The first-order valence-corrected chi connectivity index (χ1v) is 7.28. The highest BCUT2D eigenvalue weighted by Crippen LogP contribution is 2.27. The Bertz CT molecular complexity index is 723. The minimum Gasteiger partial charge on any atom is -0.298 e. The van der Waals surface area contributed by atoms with Crippen molar-refractivity contribution in [2.24, 2.45) is 11.0 Å². The molecule has 0 radical (unpaired) electrons. The maximum Gasteiger partial charge on any atom is 0.264 e. The second-order valence-electron chi connectivity index (χ2n) is 5.09.